The molecule has 0 bridgehead atoms. The Kier molecular flexibility index (Phi) is 83.1. The van der Waals surface area contributed by atoms with Gasteiger partial charge in [0.1, 0.15) is 0 Å². The Bertz CT molecular complexity index is 1900. The van der Waals surface area contributed by atoms with Crippen LogP contribution in [-0.2, 0) is 38.4 Å². The highest BCUT2D eigenvalue weighted by Gasteiger charge is 2.22. The first-order valence-electron chi connectivity index (χ1n) is 41.6. The van der Waals surface area contributed by atoms with Crippen molar-refractivity contribution in [2.24, 2.45) is 27.9 Å². The van der Waals surface area contributed by atoms with Gasteiger partial charge < -0.3 is 44.2 Å². The average molecular weight is 1400 g/mol. The summed E-state index contributed by atoms with van der Waals surface area (Å²) in [5.74, 6) is 1.14. The van der Waals surface area contributed by atoms with E-state index in [1.54, 1.807) is 6.92 Å². The number of nitrogens with two attached hydrogens (primary N) is 4. The lowest BCUT2D eigenvalue weighted by Gasteiger charge is -2.17. The Morgan fingerprint density at radius 1 is 0.263 bits per heavy atom. The van der Waals surface area contributed by atoms with Gasteiger partial charge in [0.2, 0.25) is 23.6 Å². The lowest BCUT2D eigenvalue weighted by Crippen LogP contribution is -2.45. The molecule has 0 aliphatic heterocycles. The van der Waals surface area contributed by atoms with Crippen LogP contribution >= 0.6 is 0 Å². The number of amidine groups is 1. The van der Waals surface area contributed by atoms with Crippen molar-refractivity contribution in [1.29, 1.82) is 0 Å². The summed E-state index contributed by atoms with van der Waals surface area (Å²) in [5.41, 5.74) is 22.1. The van der Waals surface area contributed by atoms with E-state index in [0.29, 0.717) is 89.7 Å². The zero-order valence-corrected chi connectivity index (χ0v) is 66.3. The number of hydrogen-bond acceptors (Lipinski definition) is 12. The number of rotatable bonds is 69. The average Bonchev–Trinajstić information content (AvgIpc) is 1.05. The summed E-state index contributed by atoms with van der Waals surface area (Å²) >= 11 is 0. The minimum absolute atomic E-state index is 0.0180. The SMILES string of the molecule is CCCCCCCCCCCC(=O)NC(CCCCN)C(=O)CCC.CCCCCCCCCCCC(=O)NC(CCCCN=C(C)N)C(=O)CCC.CCCCCCCCCCCC(=O)NC(CCCN)C(=O)CCC.CCCCCCCCCCCC(=O)NC(CN)C(=O)CCC. The lowest BCUT2D eigenvalue weighted by atomic mass is 10.0. The minimum atomic E-state index is -0.494. The smallest absolute Gasteiger partial charge is 0.220 e. The molecule has 17 nitrogen and oxygen atoms in total. The van der Waals surface area contributed by atoms with Crippen LogP contribution in [0.5, 0.6) is 0 Å². The maximum atomic E-state index is 12.3. The van der Waals surface area contributed by atoms with E-state index in [2.05, 4.69) is 54.0 Å². The molecule has 0 heterocycles. The molecule has 0 aromatic carbocycles. The third-order valence-corrected chi connectivity index (χ3v) is 18.1. The number of nitrogens with zero attached hydrogens (tertiary/aromatic N) is 1. The van der Waals surface area contributed by atoms with Gasteiger partial charge in [0.05, 0.1) is 30.0 Å². The molecule has 584 valence electrons. The maximum Gasteiger partial charge on any atom is 0.220 e. The molecule has 0 rings (SSSR count). The molecule has 99 heavy (non-hydrogen) atoms. The van der Waals surface area contributed by atoms with Gasteiger partial charge in [-0.1, -0.05) is 261 Å². The Morgan fingerprint density at radius 2 is 0.485 bits per heavy atom. The predicted molar refractivity (Wildman–Crippen MR) is 421 cm³/mol. The molecule has 0 aliphatic carbocycles. The Hall–Kier alpha value is -4.09. The van der Waals surface area contributed by atoms with Crippen LogP contribution in [0.1, 0.15) is 422 Å². The zero-order chi connectivity index (χ0) is 74.5. The van der Waals surface area contributed by atoms with Gasteiger partial charge in [-0.05, 0) is 123 Å². The normalized spacial score (nSPS) is 12.3. The first kappa shape index (κ1) is 101. The third kappa shape index (κ3) is 74.9. The number of carbonyl (C=O) groups is 8. The zero-order valence-electron chi connectivity index (χ0n) is 66.3. The monoisotopic (exact) mass is 1400 g/mol. The van der Waals surface area contributed by atoms with Crippen LogP contribution in [0.4, 0.5) is 0 Å². The highest BCUT2D eigenvalue weighted by atomic mass is 16.2. The molecule has 17 heteroatoms. The molecule has 0 saturated heterocycles. The van der Waals surface area contributed by atoms with Crippen molar-refractivity contribution in [3.8, 4) is 0 Å². The number of nitrogens with one attached hydrogen (secondary N) is 4. The van der Waals surface area contributed by atoms with Gasteiger partial charge in [0, 0.05) is 64.5 Å². The van der Waals surface area contributed by atoms with Crippen molar-refractivity contribution in [3.05, 3.63) is 0 Å². The highest BCUT2D eigenvalue weighted by molar-refractivity contribution is 5.91. The summed E-state index contributed by atoms with van der Waals surface area (Å²) in [4.78, 5) is 101. The molecule has 4 amide bonds. The number of unbranched alkanes of at least 4 members (excludes halogenated alkanes) is 34. The Balaban J connectivity index is -0.000000610. The van der Waals surface area contributed by atoms with Crippen LogP contribution in [0.3, 0.4) is 0 Å². The van der Waals surface area contributed by atoms with Crippen LogP contribution in [-0.4, -0.2) is 103 Å². The van der Waals surface area contributed by atoms with E-state index in [-0.39, 0.29) is 71.4 Å². The van der Waals surface area contributed by atoms with E-state index >= 15 is 0 Å². The van der Waals surface area contributed by atoms with E-state index < -0.39 is 6.04 Å². The minimum Gasteiger partial charge on any atom is -0.388 e. The van der Waals surface area contributed by atoms with Crippen molar-refractivity contribution in [1.82, 2.24) is 21.3 Å². The second kappa shape index (κ2) is 81.2. The summed E-state index contributed by atoms with van der Waals surface area (Å²) in [5, 5.41) is 11.6. The second-order valence-corrected chi connectivity index (χ2v) is 28.1. The largest absolute Gasteiger partial charge is 0.388 e. The van der Waals surface area contributed by atoms with Crippen molar-refractivity contribution >= 4 is 52.6 Å². The van der Waals surface area contributed by atoms with Gasteiger partial charge in [-0.15, -0.1) is 0 Å². The molecular formula is C82H163N9O8. The number of hydrogen-bond donors (Lipinski definition) is 8. The van der Waals surface area contributed by atoms with Crippen LogP contribution in [0, 0.1) is 0 Å². The van der Waals surface area contributed by atoms with E-state index in [0.717, 1.165) is 116 Å². The summed E-state index contributed by atoms with van der Waals surface area (Å²) in [6, 6.07) is -1.47. The van der Waals surface area contributed by atoms with Crippen molar-refractivity contribution in [3.63, 3.8) is 0 Å². The number of aliphatic imine (C=N–C) groups is 1. The lowest BCUT2D eigenvalue weighted by molar-refractivity contribution is -0.128. The van der Waals surface area contributed by atoms with Gasteiger partial charge in [-0.3, -0.25) is 43.3 Å². The van der Waals surface area contributed by atoms with Crippen LogP contribution in [0.15, 0.2) is 4.99 Å². The molecule has 0 spiro atoms. The maximum absolute atomic E-state index is 12.3. The van der Waals surface area contributed by atoms with Gasteiger partial charge in [0.25, 0.3) is 0 Å². The first-order chi connectivity index (χ1) is 48.0. The predicted octanol–water partition coefficient (Wildman–Crippen LogP) is 18.4. The van der Waals surface area contributed by atoms with Gasteiger partial charge in [-0.25, -0.2) is 0 Å². The molecule has 4 atom stereocenters. The fourth-order valence-electron chi connectivity index (χ4n) is 11.9. The van der Waals surface area contributed by atoms with Crippen LogP contribution in [0.25, 0.3) is 0 Å². The molecule has 12 N–H and O–H groups in total. The van der Waals surface area contributed by atoms with Crippen molar-refractivity contribution < 1.29 is 38.4 Å². The fourth-order valence-corrected chi connectivity index (χ4v) is 11.9. The summed E-state index contributed by atoms with van der Waals surface area (Å²) in [6.45, 7) is 20.7. The number of ketones is 4. The van der Waals surface area contributed by atoms with E-state index in [4.69, 9.17) is 22.9 Å². The molecule has 0 saturated carbocycles. The van der Waals surface area contributed by atoms with Gasteiger partial charge >= 0.3 is 0 Å². The van der Waals surface area contributed by atoms with Crippen LogP contribution < -0.4 is 44.2 Å². The fraction of sp³-hybridized carbons (Fsp3) is 0.890. The summed E-state index contributed by atoms with van der Waals surface area (Å²) < 4.78 is 0. The summed E-state index contributed by atoms with van der Waals surface area (Å²) in [7, 11) is 0. The van der Waals surface area contributed by atoms with E-state index in [9.17, 15) is 38.4 Å². The van der Waals surface area contributed by atoms with E-state index in [1.807, 2.05) is 27.7 Å². The Labute approximate surface area is 609 Å². The molecular weight excluding hydrogens is 1240 g/mol. The van der Waals surface area contributed by atoms with E-state index in [1.165, 1.54) is 180 Å². The van der Waals surface area contributed by atoms with Crippen LogP contribution in [0.2, 0.25) is 0 Å². The molecule has 0 fully saturated rings. The number of amides is 4. The molecule has 0 aromatic rings. The third-order valence-electron chi connectivity index (χ3n) is 18.1. The Morgan fingerprint density at radius 3 is 0.717 bits per heavy atom. The molecule has 0 aliphatic rings. The summed E-state index contributed by atoms with van der Waals surface area (Å²) in [6.07, 6.45) is 58.5. The first-order valence-corrected chi connectivity index (χ1v) is 41.6. The molecule has 0 aromatic heterocycles. The van der Waals surface area contributed by atoms with Crippen molar-refractivity contribution in [2.75, 3.05) is 26.2 Å². The molecule has 0 radical (unpaired) electrons. The second-order valence-electron chi connectivity index (χ2n) is 28.1. The molecule has 4 unspecified atom stereocenters. The quantitative estimate of drug-likeness (QED) is 0.0160. The standard InChI is InChI=1S/C23H45N3O2.C21H42N2O2.C20H40N2O2.C18H36N2O2/c1-4-6-7-8-9-10-11-12-13-18-23(28)26-21(22(27)16-5-2)17-14-15-19-25-20(3)24;1-3-5-6-7-8-9-10-11-12-17-21(25)23-19(16-13-14-18-22)20(24)15-4-2;1-3-5-6-7-8-9-10-11-12-16-20(24)22-18(15-13-17-21)19(23)14-4-2;1-3-5-6-7-8-9-10-11-12-14-18(22)20-16(15-19)17(21)13-4-2/h21H,4-19H2,1-3H3,(H2,24,25)(H,26,28);19H,3-18,22H2,1-2H3,(H,23,25);18H,3-17,21H2,1-2H3,(H,22,24);16H,3-15,19H2,1-2H3,(H,20,22). The van der Waals surface area contributed by atoms with Gasteiger partial charge in [0.15, 0.2) is 23.1 Å². The number of carbonyl (C=O) groups excluding carboxylic acids is 8. The van der Waals surface area contributed by atoms with Crippen molar-refractivity contribution in [2.45, 2.75) is 446 Å². The number of Topliss-reactive ketones (excluding diaryl/α,β-unsaturated/α-hetero) is 4. The highest BCUT2D eigenvalue weighted by Crippen LogP contribution is 2.16. The topological polar surface area (TPSA) is 301 Å². The van der Waals surface area contributed by atoms with Gasteiger partial charge in [-0.2, -0.15) is 0 Å².